The molecule has 18 heavy (non-hydrogen) atoms. The molecular weight excluding hydrogens is 256 g/mol. The maximum Gasteiger partial charge on any atom is 0.341 e. The molecule has 0 heterocycles. The number of carbonyl (C=O) groups excluding carboxylic acids is 1. The number of hydrogen-bond donors (Lipinski definition) is 2. The zero-order chi connectivity index (χ0) is 13.6. The molecule has 0 atom stereocenters. The van der Waals surface area contributed by atoms with Crippen LogP contribution >= 0.6 is 0 Å². The van der Waals surface area contributed by atoms with Crippen LogP contribution in [0.25, 0.3) is 0 Å². The molecule has 0 aliphatic rings. The third-order valence-electron chi connectivity index (χ3n) is 2.10. The average Bonchev–Trinajstić information content (AvgIpc) is 2.29. The third kappa shape index (κ3) is 4.44. The van der Waals surface area contributed by atoms with Gasteiger partial charge in [0.25, 0.3) is 0 Å². The van der Waals surface area contributed by atoms with Gasteiger partial charge in [0.1, 0.15) is 4.90 Å². The Morgan fingerprint density at radius 2 is 1.94 bits per heavy atom. The molecule has 6 nitrogen and oxygen atoms in total. The van der Waals surface area contributed by atoms with E-state index in [1.165, 1.54) is 12.1 Å². The fourth-order valence-corrected chi connectivity index (χ4v) is 2.07. The van der Waals surface area contributed by atoms with Crippen LogP contribution in [0.15, 0.2) is 29.2 Å². The minimum atomic E-state index is -4.03. The minimum Gasteiger partial charge on any atom is -0.341 e. The van der Waals surface area contributed by atoms with Crippen LogP contribution in [-0.2, 0) is 19.1 Å². The van der Waals surface area contributed by atoms with Gasteiger partial charge in [-0.2, -0.15) is 8.42 Å². The lowest BCUT2D eigenvalue weighted by Crippen LogP contribution is -2.30. The first-order valence-corrected chi connectivity index (χ1v) is 6.81. The predicted octanol–water partition coefficient (Wildman–Crippen LogP) is -0.225. The summed E-state index contributed by atoms with van der Waals surface area (Å²) >= 11 is 0. The molecule has 0 bridgehead atoms. The summed E-state index contributed by atoms with van der Waals surface area (Å²) in [7, 11) is -4.03. The van der Waals surface area contributed by atoms with Gasteiger partial charge in [0.15, 0.2) is 0 Å². The molecule has 0 aliphatic heterocycles. The topological polar surface area (TPSA) is 98.5 Å². The second kappa shape index (κ2) is 6.48. The molecule has 1 aromatic carbocycles. The molecule has 0 saturated heterocycles. The number of benzene rings is 1. The summed E-state index contributed by atoms with van der Waals surface area (Å²) in [6, 6.07) is 6.05. The molecule has 0 aliphatic carbocycles. The molecule has 0 saturated carbocycles. The van der Waals surface area contributed by atoms with Crippen LogP contribution < -0.4 is 11.1 Å². The van der Waals surface area contributed by atoms with Gasteiger partial charge >= 0.3 is 16.1 Å². The van der Waals surface area contributed by atoms with Gasteiger partial charge in [-0.25, -0.2) is 4.79 Å². The van der Waals surface area contributed by atoms with Crippen LogP contribution in [0.4, 0.5) is 0 Å². The number of rotatable bonds is 6. The van der Waals surface area contributed by atoms with Crippen molar-refractivity contribution < 1.29 is 17.4 Å². The van der Waals surface area contributed by atoms with E-state index in [2.05, 4.69) is 9.50 Å². The van der Waals surface area contributed by atoms with E-state index in [0.717, 1.165) is 5.56 Å². The van der Waals surface area contributed by atoms with E-state index in [9.17, 15) is 13.2 Å². The van der Waals surface area contributed by atoms with E-state index in [-0.39, 0.29) is 11.4 Å². The molecule has 100 valence electrons. The fourth-order valence-electron chi connectivity index (χ4n) is 1.20. The Labute approximate surface area is 106 Å². The van der Waals surface area contributed by atoms with E-state index in [1.54, 1.807) is 12.1 Å². The summed E-state index contributed by atoms with van der Waals surface area (Å²) in [4.78, 5) is 11.2. The smallest absolute Gasteiger partial charge is 0.341 e. The largest absolute Gasteiger partial charge is 0.341 e. The summed E-state index contributed by atoms with van der Waals surface area (Å²) in [5.41, 5.74) is 6.14. The first-order valence-electron chi connectivity index (χ1n) is 5.40. The first-order chi connectivity index (χ1) is 8.45. The van der Waals surface area contributed by atoms with Gasteiger partial charge in [-0.05, 0) is 19.1 Å². The van der Waals surface area contributed by atoms with E-state index < -0.39 is 16.1 Å². The Bertz CT molecular complexity index is 496. The molecule has 0 spiro atoms. The van der Waals surface area contributed by atoms with E-state index in [1.807, 2.05) is 6.92 Å². The Hall–Kier alpha value is -1.44. The predicted molar refractivity (Wildman–Crippen MR) is 66.4 cm³/mol. The van der Waals surface area contributed by atoms with Crippen molar-refractivity contribution in [3.05, 3.63) is 29.8 Å². The molecule has 1 rings (SSSR count). The highest BCUT2D eigenvalue weighted by Crippen LogP contribution is 2.13. The maximum absolute atomic E-state index is 11.7. The van der Waals surface area contributed by atoms with Crippen LogP contribution in [0.1, 0.15) is 5.56 Å². The molecule has 0 fully saturated rings. The van der Waals surface area contributed by atoms with Crippen molar-refractivity contribution in [2.24, 2.45) is 5.73 Å². The van der Waals surface area contributed by atoms with Crippen LogP contribution in [0, 0.1) is 6.92 Å². The normalized spacial score (nSPS) is 11.2. The third-order valence-corrected chi connectivity index (χ3v) is 3.36. The van der Waals surface area contributed by atoms with Gasteiger partial charge in [0, 0.05) is 13.1 Å². The molecule has 0 amide bonds. The Balaban J connectivity index is 2.64. The van der Waals surface area contributed by atoms with Gasteiger partial charge in [0.05, 0.1) is 6.54 Å². The summed E-state index contributed by atoms with van der Waals surface area (Å²) in [5.74, 6) is -0.857. The van der Waals surface area contributed by atoms with Crippen LogP contribution in [0.3, 0.4) is 0 Å². The van der Waals surface area contributed by atoms with Gasteiger partial charge in [-0.15, -0.1) is 0 Å². The summed E-state index contributed by atoms with van der Waals surface area (Å²) in [5, 5.41) is 2.65. The highest BCUT2D eigenvalue weighted by molar-refractivity contribution is 7.87. The average molecular weight is 272 g/mol. The van der Waals surface area contributed by atoms with Gasteiger partial charge in [-0.3, -0.25) is 0 Å². The fraction of sp³-hybridized carbons (Fsp3) is 0.364. The van der Waals surface area contributed by atoms with Crippen molar-refractivity contribution in [2.75, 3.05) is 19.6 Å². The Morgan fingerprint density at radius 1 is 1.33 bits per heavy atom. The standard InChI is InChI=1S/C11H16N2O4S/c1-9-2-4-10(5-3-9)18(15,16)17-11(14)8-13-7-6-12/h2-5,13H,6-8,12H2,1H3. The summed E-state index contributed by atoms with van der Waals surface area (Å²) in [6.45, 7) is 2.42. The maximum atomic E-state index is 11.7. The van der Waals surface area contributed by atoms with Gasteiger partial charge in [-0.1, -0.05) is 17.7 Å². The Kier molecular flexibility index (Phi) is 5.26. The molecular formula is C11H16N2O4S. The number of aryl methyl sites for hydroxylation is 1. The van der Waals surface area contributed by atoms with Crippen LogP contribution in [0.5, 0.6) is 0 Å². The molecule has 0 aromatic heterocycles. The lowest BCUT2D eigenvalue weighted by atomic mass is 10.2. The zero-order valence-electron chi connectivity index (χ0n) is 10.0. The first kappa shape index (κ1) is 14.6. The second-order valence-corrected chi connectivity index (χ2v) is 5.23. The molecule has 1 aromatic rings. The lowest BCUT2D eigenvalue weighted by Gasteiger charge is -2.06. The number of hydrogen-bond acceptors (Lipinski definition) is 6. The highest BCUT2D eigenvalue weighted by Gasteiger charge is 2.19. The van der Waals surface area contributed by atoms with Crippen molar-refractivity contribution >= 4 is 16.1 Å². The highest BCUT2D eigenvalue weighted by atomic mass is 32.2. The molecule has 0 radical (unpaired) electrons. The van der Waals surface area contributed by atoms with E-state index in [4.69, 9.17) is 5.73 Å². The number of nitrogens with two attached hydrogens (primary N) is 1. The second-order valence-electron chi connectivity index (χ2n) is 3.69. The van der Waals surface area contributed by atoms with E-state index in [0.29, 0.717) is 13.1 Å². The molecule has 0 unspecified atom stereocenters. The van der Waals surface area contributed by atoms with Gasteiger partial charge < -0.3 is 15.2 Å². The quantitative estimate of drug-likeness (QED) is 0.548. The van der Waals surface area contributed by atoms with E-state index >= 15 is 0 Å². The van der Waals surface area contributed by atoms with Crippen molar-refractivity contribution in [3.63, 3.8) is 0 Å². The number of carbonyl (C=O) groups is 1. The van der Waals surface area contributed by atoms with Gasteiger partial charge in [0.2, 0.25) is 0 Å². The van der Waals surface area contributed by atoms with Crippen molar-refractivity contribution in [1.82, 2.24) is 5.32 Å². The Morgan fingerprint density at radius 3 is 2.50 bits per heavy atom. The zero-order valence-corrected chi connectivity index (χ0v) is 10.9. The van der Waals surface area contributed by atoms with Crippen LogP contribution in [0.2, 0.25) is 0 Å². The monoisotopic (exact) mass is 272 g/mol. The van der Waals surface area contributed by atoms with Crippen molar-refractivity contribution in [1.29, 1.82) is 0 Å². The van der Waals surface area contributed by atoms with Crippen molar-refractivity contribution in [3.8, 4) is 0 Å². The minimum absolute atomic E-state index is 0.0414. The lowest BCUT2D eigenvalue weighted by molar-refractivity contribution is -0.132. The summed E-state index contributed by atoms with van der Waals surface area (Å²) < 4.78 is 27.8. The molecule has 7 heteroatoms. The van der Waals surface area contributed by atoms with Crippen LogP contribution in [-0.4, -0.2) is 34.0 Å². The summed E-state index contributed by atoms with van der Waals surface area (Å²) in [6.07, 6.45) is 0. The SMILES string of the molecule is Cc1ccc(S(=O)(=O)OC(=O)CNCCN)cc1. The number of nitrogens with one attached hydrogen (secondary N) is 1. The molecule has 3 N–H and O–H groups in total. The van der Waals surface area contributed by atoms with Crippen molar-refractivity contribution in [2.45, 2.75) is 11.8 Å².